The van der Waals surface area contributed by atoms with Crippen molar-refractivity contribution in [3.8, 4) is 0 Å². The number of hydrogen-bond donors (Lipinski definition) is 0. The number of carbonyl (C=O) groups excluding carboxylic acids is 3. The van der Waals surface area contributed by atoms with Crippen LogP contribution < -0.4 is 0 Å². The maximum atomic E-state index is 12.8. The number of esters is 3. The molecule has 0 aliphatic heterocycles. The molecule has 6 nitrogen and oxygen atoms in total. The van der Waals surface area contributed by atoms with Gasteiger partial charge in [0.25, 0.3) is 0 Å². The lowest BCUT2D eigenvalue weighted by Gasteiger charge is -2.18. The quantitative estimate of drug-likeness (QED) is 0.0262. The number of carbonyl (C=O) groups is 3. The van der Waals surface area contributed by atoms with Crippen molar-refractivity contribution in [3.63, 3.8) is 0 Å². The zero-order valence-electron chi connectivity index (χ0n) is 43.7. The number of ether oxygens (including phenoxy) is 3. The number of unbranched alkanes of at least 4 members (excludes halogenated alkanes) is 30. The van der Waals surface area contributed by atoms with Gasteiger partial charge in [0.05, 0.1) is 0 Å². The summed E-state index contributed by atoms with van der Waals surface area (Å²) in [6.07, 6.45) is 67.7. The van der Waals surface area contributed by atoms with Crippen LogP contribution in [0.1, 0.15) is 284 Å². The van der Waals surface area contributed by atoms with E-state index < -0.39 is 6.10 Å². The average Bonchev–Trinajstić information content (AvgIpc) is 3.31. The second-order valence-corrected chi connectivity index (χ2v) is 18.8. The molecule has 0 aliphatic carbocycles. The van der Waals surface area contributed by atoms with Crippen LogP contribution in [0.3, 0.4) is 0 Å². The van der Waals surface area contributed by atoms with Gasteiger partial charge >= 0.3 is 17.9 Å². The fraction of sp³-hybridized carbons (Fsp3) is 0.783. The molecule has 382 valence electrons. The Kier molecular flexibility index (Phi) is 52.3. The minimum absolute atomic E-state index is 0.0840. The van der Waals surface area contributed by atoms with E-state index in [0.29, 0.717) is 19.3 Å². The van der Waals surface area contributed by atoms with Crippen LogP contribution in [-0.2, 0) is 28.6 Å². The Morgan fingerprint density at radius 3 is 0.924 bits per heavy atom. The molecule has 0 rings (SSSR count). The van der Waals surface area contributed by atoms with Gasteiger partial charge in [0.15, 0.2) is 6.10 Å². The highest BCUT2D eigenvalue weighted by molar-refractivity contribution is 5.71. The molecular weight excluding hydrogens is 817 g/mol. The van der Waals surface area contributed by atoms with Crippen LogP contribution >= 0.6 is 0 Å². The number of hydrogen-bond acceptors (Lipinski definition) is 6. The lowest BCUT2D eigenvalue weighted by Crippen LogP contribution is -2.30. The van der Waals surface area contributed by atoms with Crippen molar-refractivity contribution in [3.05, 3.63) is 60.8 Å². The van der Waals surface area contributed by atoms with E-state index in [1.165, 1.54) is 148 Å². The molecule has 0 spiro atoms. The molecule has 0 aliphatic rings. The molecule has 0 N–H and O–H groups in total. The Labute approximate surface area is 409 Å². The highest BCUT2D eigenvalue weighted by atomic mass is 16.6. The van der Waals surface area contributed by atoms with Crippen LogP contribution in [0.4, 0.5) is 0 Å². The van der Waals surface area contributed by atoms with Gasteiger partial charge in [-0.2, -0.15) is 0 Å². The molecule has 0 heterocycles. The molecule has 0 amide bonds. The predicted octanol–water partition coefficient (Wildman–Crippen LogP) is 18.8. The van der Waals surface area contributed by atoms with Crippen LogP contribution in [0.25, 0.3) is 0 Å². The summed E-state index contributed by atoms with van der Waals surface area (Å²) in [5.41, 5.74) is 0. The summed E-state index contributed by atoms with van der Waals surface area (Å²) in [7, 11) is 0. The van der Waals surface area contributed by atoms with Gasteiger partial charge in [-0.15, -0.1) is 0 Å². The molecule has 66 heavy (non-hydrogen) atoms. The summed E-state index contributed by atoms with van der Waals surface area (Å²) in [5.74, 6) is -0.901. The van der Waals surface area contributed by atoms with E-state index in [4.69, 9.17) is 14.2 Å². The molecule has 1 unspecified atom stereocenters. The fourth-order valence-corrected chi connectivity index (χ4v) is 7.92. The van der Waals surface area contributed by atoms with Crippen molar-refractivity contribution in [1.29, 1.82) is 0 Å². The van der Waals surface area contributed by atoms with E-state index >= 15 is 0 Å². The van der Waals surface area contributed by atoms with Gasteiger partial charge in [-0.25, -0.2) is 0 Å². The molecule has 0 aromatic rings. The summed E-state index contributed by atoms with van der Waals surface area (Å²) < 4.78 is 16.8. The van der Waals surface area contributed by atoms with Crippen molar-refractivity contribution in [2.24, 2.45) is 0 Å². The first kappa shape index (κ1) is 63.1. The molecule has 0 fully saturated rings. The highest BCUT2D eigenvalue weighted by Gasteiger charge is 2.19. The van der Waals surface area contributed by atoms with Crippen LogP contribution in [0.15, 0.2) is 60.8 Å². The zero-order valence-corrected chi connectivity index (χ0v) is 43.7. The van der Waals surface area contributed by atoms with Gasteiger partial charge < -0.3 is 14.2 Å². The normalized spacial score (nSPS) is 12.5. The first-order valence-corrected chi connectivity index (χ1v) is 28.3. The van der Waals surface area contributed by atoms with E-state index in [0.717, 1.165) is 96.3 Å². The van der Waals surface area contributed by atoms with Crippen molar-refractivity contribution in [2.75, 3.05) is 13.2 Å². The van der Waals surface area contributed by atoms with Crippen molar-refractivity contribution >= 4 is 17.9 Å². The third-order valence-corrected chi connectivity index (χ3v) is 12.2. The lowest BCUT2D eigenvalue weighted by atomic mass is 10.1. The van der Waals surface area contributed by atoms with Crippen molar-refractivity contribution < 1.29 is 28.6 Å². The lowest BCUT2D eigenvalue weighted by molar-refractivity contribution is -0.167. The van der Waals surface area contributed by atoms with E-state index in [-0.39, 0.29) is 31.1 Å². The van der Waals surface area contributed by atoms with E-state index in [9.17, 15) is 14.4 Å². The summed E-state index contributed by atoms with van der Waals surface area (Å²) in [5, 5.41) is 0. The number of rotatable bonds is 51. The standard InChI is InChI=1S/C60H106O6/c1-4-7-10-13-16-19-22-25-27-29-31-32-35-38-41-44-47-50-53-59(62)65-56-57(55-64-58(61)52-49-46-43-40-37-34-24-21-18-15-12-9-6-3)66-60(63)54-51-48-45-42-39-36-33-30-28-26-23-20-17-14-11-8-5-2/h12,15,19,21-22,24,26-29,57H,4-11,13-14,16-18,20,23,25,30-56H2,1-3H3/b15-12-,22-19-,24-21-,28-26-,29-27-. The Bertz CT molecular complexity index is 1200. The molecule has 0 radical (unpaired) electrons. The maximum Gasteiger partial charge on any atom is 0.306 e. The van der Waals surface area contributed by atoms with Gasteiger partial charge in [-0.05, 0) is 103 Å². The largest absolute Gasteiger partial charge is 0.462 e. The minimum atomic E-state index is -0.785. The molecule has 0 aromatic carbocycles. The van der Waals surface area contributed by atoms with Crippen LogP contribution in [0, 0.1) is 0 Å². The zero-order chi connectivity index (χ0) is 47.9. The van der Waals surface area contributed by atoms with Crippen molar-refractivity contribution in [2.45, 2.75) is 290 Å². The van der Waals surface area contributed by atoms with Crippen LogP contribution in [0.5, 0.6) is 0 Å². The van der Waals surface area contributed by atoms with E-state index in [1.807, 2.05) is 0 Å². The van der Waals surface area contributed by atoms with Crippen molar-refractivity contribution in [1.82, 2.24) is 0 Å². The van der Waals surface area contributed by atoms with Gasteiger partial charge in [0.1, 0.15) is 13.2 Å². The summed E-state index contributed by atoms with van der Waals surface area (Å²) in [4.78, 5) is 38.1. The molecule has 0 aromatic heterocycles. The topological polar surface area (TPSA) is 78.9 Å². The summed E-state index contributed by atoms with van der Waals surface area (Å²) in [6, 6.07) is 0. The van der Waals surface area contributed by atoms with Gasteiger partial charge in [0.2, 0.25) is 0 Å². The average molecular weight is 924 g/mol. The predicted molar refractivity (Wildman–Crippen MR) is 284 cm³/mol. The third-order valence-electron chi connectivity index (χ3n) is 12.2. The fourth-order valence-electron chi connectivity index (χ4n) is 7.92. The van der Waals surface area contributed by atoms with Crippen LogP contribution in [0.2, 0.25) is 0 Å². The van der Waals surface area contributed by atoms with E-state index in [1.54, 1.807) is 0 Å². The Morgan fingerprint density at radius 2 is 0.576 bits per heavy atom. The first-order chi connectivity index (χ1) is 32.5. The van der Waals surface area contributed by atoms with Gasteiger partial charge in [0, 0.05) is 19.3 Å². The first-order valence-electron chi connectivity index (χ1n) is 28.3. The minimum Gasteiger partial charge on any atom is -0.462 e. The Hall–Kier alpha value is -2.89. The van der Waals surface area contributed by atoms with Gasteiger partial charge in [-0.1, -0.05) is 223 Å². The Morgan fingerprint density at radius 1 is 0.303 bits per heavy atom. The molecule has 6 heteroatoms. The maximum absolute atomic E-state index is 12.8. The monoisotopic (exact) mass is 923 g/mol. The second-order valence-electron chi connectivity index (χ2n) is 18.8. The summed E-state index contributed by atoms with van der Waals surface area (Å²) in [6.45, 7) is 6.55. The summed E-state index contributed by atoms with van der Waals surface area (Å²) >= 11 is 0. The molecule has 1 atom stereocenters. The highest BCUT2D eigenvalue weighted by Crippen LogP contribution is 2.15. The Balaban J connectivity index is 4.39. The van der Waals surface area contributed by atoms with Crippen LogP contribution in [-0.4, -0.2) is 37.2 Å². The third kappa shape index (κ3) is 52.1. The molecule has 0 bridgehead atoms. The van der Waals surface area contributed by atoms with E-state index in [2.05, 4.69) is 81.5 Å². The SMILES string of the molecule is CCC/C=C\C/C=C\CCCCCCCC(=O)OCC(COC(=O)CCCCCCCCC/C=C\C/C=C\CCCCCC)OC(=O)CCCCCCCCC/C=C\CCCCCCCC. The van der Waals surface area contributed by atoms with Gasteiger partial charge in [-0.3, -0.25) is 14.4 Å². The molecular formula is C60H106O6. The number of allylic oxidation sites excluding steroid dienone is 10. The second kappa shape index (κ2) is 54.7. The molecule has 0 saturated carbocycles. The molecule has 0 saturated heterocycles. The smallest absolute Gasteiger partial charge is 0.306 e.